The molecule has 23 heavy (non-hydrogen) atoms. The van der Waals surface area contributed by atoms with E-state index >= 15 is 0 Å². The van der Waals surface area contributed by atoms with Crippen LogP contribution in [0.15, 0.2) is 35.4 Å². The first-order valence-electron chi connectivity index (χ1n) is 8.51. The van der Waals surface area contributed by atoms with Gasteiger partial charge in [-0.1, -0.05) is 30.3 Å². The van der Waals surface area contributed by atoms with Gasteiger partial charge in [-0.05, 0) is 19.4 Å². The second-order valence-electron chi connectivity index (χ2n) is 6.60. The van der Waals surface area contributed by atoms with Crippen LogP contribution in [0, 0.1) is 0 Å². The molecule has 5 nitrogen and oxygen atoms in total. The number of hydrogen-bond acceptors (Lipinski definition) is 4. The van der Waals surface area contributed by atoms with Crippen molar-refractivity contribution in [2.24, 2.45) is 5.10 Å². The summed E-state index contributed by atoms with van der Waals surface area (Å²) in [6.45, 7) is 8.91. The fourth-order valence-corrected chi connectivity index (χ4v) is 3.31. The van der Waals surface area contributed by atoms with Crippen molar-refractivity contribution in [2.75, 3.05) is 32.7 Å². The van der Waals surface area contributed by atoms with Crippen LogP contribution in [-0.2, 0) is 4.79 Å². The monoisotopic (exact) mass is 314 g/mol. The highest BCUT2D eigenvalue weighted by atomic mass is 16.2. The van der Waals surface area contributed by atoms with Crippen LogP contribution in [-0.4, -0.2) is 65.7 Å². The first-order chi connectivity index (χ1) is 11.1. The second-order valence-corrected chi connectivity index (χ2v) is 6.60. The highest BCUT2D eigenvalue weighted by molar-refractivity contribution is 5.81. The van der Waals surface area contributed by atoms with Crippen LogP contribution in [0.4, 0.5) is 0 Å². The van der Waals surface area contributed by atoms with Crippen LogP contribution in [0.1, 0.15) is 31.9 Å². The third-order valence-electron chi connectivity index (χ3n) is 4.77. The normalized spacial score (nSPS) is 22.9. The molecule has 5 heteroatoms. The van der Waals surface area contributed by atoms with Crippen molar-refractivity contribution in [2.45, 2.75) is 32.4 Å². The first kappa shape index (κ1) is 16.1. The van der Waals surface area contributed by atoms with Crippen molar-refractivity contribution in [1.82, 2.24) is 14.8 Å². The zero-order chi connectivity index (χ0) is 16.2. The Bertz CT molecular complexity index is 549. The van der Waals surface area contributed by atoms with E-state index in [0.717, 1.165) is 38.2 Å². The van der Waals surface area contributed by atoms with E-state index in [1.54, 1.807) is 5.01 Å². The van der Waals surface area contributed by atoms with Crippen LogP contribution < -0.4 is 0 Å². The van der Waals surface area contributed by atoms with E-state index in [1.807, 2.05) is 24.4 Å². The largest absolute Gasteiger partial charge is 0.298 e. The number of nitrogens with zero attached hydrogens (tertiary/aromatic N) is 4. The van der Waals surface area contributed by atoms with Gasteiger partial charge in [-0.25, -0.2) is 5.01 Å². The Morgan fingerprint density at radius 2 is 1.87 bits per heavy atom. The number of rotatable bonds is 4. The van der Waals surface area contributed by atoms with Gasteiger partial charge in [0.05, 0.1) is 12.6 Å². The zero-order valence-corrected chi connectivity index (χ0v) is 14.1. The van der Waals surface area contributed by atoms with Crippen molar-refractivity contribution < 1.29 is 4.79 Å². The minimum Gasteiger partial charge on any atom is -0.298 e. The molecule has 0 aliphatic carbocycles. The van der Waals surface area contributed by atoms with Gasteiger partial charge in [0, 0.05) is 44.9 Å². The maximum absolute atomic E-state index is 12.7. The lowest BCUT2D eigenvalue weighted by atomic mass is 10.0. The maximum atomic E-state index is 12.7. The number of hydrogen-bond donors (Lipinski definition) is 0. The molecule has 1 aromatic carbocycles. The van der Waals surface area contributed by atoms with E-state index in [9.17, 15) is 4.79 Å². The average Bonchev–Trinajstić information content (AvgIpc) is 3.06. The smallest absolute Gasteiger partial charge is 0.257 e. The van der Waals surface area contributed by atoms with Crippen LogP contribution in [0.3, 0.4) is 0 Å². The molecule has 2 heterocycles. The van der Waals surface area contributed by atoms with Gasteiger partial charge in [-0.2, -0.15) is 5.10 Å². The van der Waals surface area contributed by atoms with E-state index in [-0.39, 0.29) is 11.9 Å². The summed E-state index contributed by atoms with van der Waals surface area (Å²) in [5.41, 5.74) is 1.16. The average molecular weight is 314 g/mol. The second kappa shape index (κ2) is 7.23. The molecule has 124 valence electrons. The number of benzene rings is 1. The third-order valence-corrected chi connectivity index (χ3v) is 4.77. The predicted molar refractivity (Wildman–Crippen MR) is 92.3 cm³/mol. The molecule has 3 rings (SSSR count). The fourth-order valence-electron chi connectivity index (χ4n) is 3.31. The Hall–Kier alpha value is -1.72. The molecular formula is C18H26N4O. The lowest BCUT2D eigenvalue weighted by Crippen LogP contribution is -2.51. The Balaban J connectivity index is 1.57. The lowest BCUT2D eigenvalue weighted by molar-refractivity contribution is -0.134. The van der Waals surface area contributed by atoms with Crippen molar-refractivity contribution in [3.05, 3.63) is 35.9 Å². The van der Waals surface area contributed by atoms with Crippen molar-refractivity contribution in [3.8, 4) is 0 Å². The highest BCUT2D eigenvalue weighted by Crippen LogP contribution is 2.28. The van der Waals surface area contributed by atoms with Gasteiger partial charge in [0.2, 0.25) is 0 Å². The molecule has 0 N–H and O–H groups in total. The van der Waals surface area contributed by atoms with E-state index in [1.165, 1.54) is 0 Å². The Morgan fingerprint density at radius 3 is 2.52 bits per heavy atom. The quantitative estimate of drug-likeness (QED) is 0.853. The van der Waals surface area contributed by atoms with E-state index in [0.29, 0.717) is 12.6 Å². The van der Waals surface area contributed by atoms with Gasteiger partial charge in [0.25, 0.3) is 5.91 Å². The number of carbonyl (C=O) groups is 1. The molecule has 1 atom stereocenters. The fraction of sp³-hybridized carbons (Fsp3) is 0.556. The van der Waals surface area contributed by atoms with E-state index < -0.39 is 0 Å². The van der Waals surface area contributed by atoms with E-state index in [4.69, 9.17) is 0 Å². The first-order valence-corrected chi connectivity index (χ1v) is 8.51. The van der Waals surface area contributed by atoms with Gasteiger partial charge in [0.15, 0.2) is 0 Å². The van der Waals surface area contributed by atoms with Crippen LogP contribution in [0.25, 0.3) is 0 Å². The van der Waals surface area contributed by atoms with Crippen molar-refractivity contribution in [3.63, 3.8) is 0 Å². The van der Waals surface area contributed by atoms with Crippen LogP contribution in [0.5, 0.6) is 0 Å². The molecule has 0 radical (unpaired) electrons. The van der Waals surface area contributed by atoms with Crippen molar-refractivity contribution in [1.29, 1.82) is 0 Å². The molecule has 1 saturated heterocycles. The Labute approximate surface area is 138 Å². The standard InChI is InChI=1S/C18H26N4O/c1-15(2)21-12-10-20(11-13-21)14-18(23)22-17(8-9-19-22)16-6-4-3-5-7-16/h3-7,9,15,17H,8,10-14H2,1-2H3. The molecule has 1 amide bonds. The molecule has 0 aromatic heterocycles. The SMILES string of the molecule is CC(C)N1CCN(CC(=O)N2N=CCC2c2ccccc2)CC1. The number of carbonyl (C=O) groups excluding carboxylic acids is 1. The maximum Gasteiger partial charge on any atom is 0.257 e. The molecule has 1 unspecified atom stereocenters. The van der Waals surface area contributed by atoms with Crippen LogP contribution in [0.2, 0.25) is 0 Å². The predicted octanol–water partition coefficient (Wildman–Crippen LogP) is 1.97. The number of piperazine rings is 1. The van der Waals surface area contributed by atoms with E-state index in [2.05, 4.69) is 40.9 Å². The summed E-state index contributed by atoms with van der Waals surface area (Å²) in [5, 5.41) is 5.99. The molecule has 1 fully saturated rings. The summed E-state index contributed by atoms with van der Waals surface area (Å²) >= 11 is 0. The summed E-state index contributed by atoms with van der Waals surface area (Å²) in [6.07, 6.45) is 2.66. The summed E-state index contributed by atoms with van der Waals surface area (Å²) < 4.78 is 0. The van der Waals surface area contributed by atoms with Gasteiger partial charge in [0.1, 0.15) is 0 Å². The molecular weight excluding hydrogens is 288 g/mol. The Kier molecular flexibility index (Phi) is 5.08. The molecule has 1 aromatic rings. The van der Waals surface area contributed by atoms with Gasteiger partial charge >= 0.3 is 0 Å². The Morgan fingerprint density at radius 1 is 1.17 bits per heavy atom. The lowest BCUT2D eigenvalue weighted by Gasteiger charge is -2.37. The van der Waals surface area contributed by atoms with Crippen molar-refractivity contribution >= 4 is 12.1 Å². The molecule has 0 saturated carbocycles. The van der Waals surface area contributed by atoms with Crippen LogP contribution >= 0.6 is 0 Å². The summed E-state index contributed by atoms with van der Waals surface area (Å²) in [7, 11) is 0. The summed E-state index contributed by atoms with van der Waals surface area (Å²) in [6, 6.07) is 10.8. The zero-order valence-electron chi connectivity index (χ0n) is 14.1. The number of amides is 1. The summed E-state index contributed by atoms with van der Waals surface area (Å²) in [5.74, 6) is 0.102. The molecule has 0 spiro atoms. The van der Waals surface area contributed by atoms with Gasteiger partial charge in [-0.3, -0.25) is 14.6 Å². The minimum atomic E-state index is 0.0562. The summed E-state index contributed by atoms with van der Waals surface area (Å²) in [4.78, 5) is 17.4. The van der Waals surface area contributed by atoms with Gasteiger partial charge < -0.3 is 0 Å². The minimum absolute atomic E-state index is 0.0562. The topological polar surface area (TPSA) is 39.1 Å². The molecule has 2 aliphatic rings. The third kappa shape index (κ3) is 3.79. The van der Waals surface area contributed by atoms with Gasteiger partial charge in [-0.15, -0.1) is 0 Å². The molecule has 0 bridgehead atoms. The highest BCUT2D eigenvalue weighted by Gasteiger charge is 2.30. The molecule has 2 aliphatic heterocycles. The number of hydrazone groups is 1.